The number of nitrogens with zero attached hydrogens (tertiary/aromatic N) is 1. The molecule has 4 amide bonds. The van der Waals surface area contributed by atoms with Gasteiger partial charge in [0.05, 0.1) is 12.8 Å². The lowest BCUT2D eigenvalue weighted by Crippen LogP contribution is -2.57. The highest BCUT2D eigenvalue weighted by Gasteiger charge is 2.35. The normalized spacial score (nSPS) is 16.4. The van der Waals surface area contributed by atoms with Gasteiger partial charge in [-0.3, -0.25) is 20.2 Å². The number of rotatable bonds is 3. The smallest absolute Gasteiger partial charge is 0.328 e. The van der Waals surface area contributed by atoms with Crippen molar-refractivity contribution in [3.63, 3.8) is 0 Å². The Hall–Kier alpha value is -2.55. The van der Waals surface area contributed by atoms with E-state index in [1.165, 1.54) is 7.11 Å². The van der Waals surface area contributed by atoms with E-state index >= 15 is 0 Å². The molecule has 0 radical (unpaired) electrons. The molecule has 9 heteroatoms. The van der Waals surface area contributed by atoms with E-state index in [1.807, 2.05) is 10.6 Å². The number of hydrogen-bond acceptors (Lipinski definition) is 6. The number of imide groups is 2. The molecule has 0 spiro atoms. The number of urea groups is 1. The van der Waals surface area contributed by atoms with Crippen LogP contribution in [0.2, 0.25) is 0 Å². The summed E-state index contributed by atoms with van der Waals surface area (Å²) in [6, 6.07) is 5.98. The van der Waals surface area contributed by atoms with Crippen molar-refractivity contribution in [1.82, 2.24) is 10.6 Å². The third-order valence-corrected chi connectivity index (χ3v) is 3.48. The number of amidine groups is 1. The molecule has 8 nitrogen and oxygen atoms in total. The van der Waals surface area contributed by atoms with Crippen LogP contribution < -0.4 is 21.1 Å². The third-order valence-electron chi connectivity index (χ3n) is 2.48. The minimum atomic E-state index is -1.16. The lowest BCUT2D eigenvalue weighted by atomic mass is 10.3. The van der Waals surface area contributed by atoms with Crippen molar-refractivity contribution in [2.75, 3.05) is 7.11 Å². The summed E-state index contributed by atoms with van der Waals surface area (Å²) in [5, 5.41) is 2.84. The second kappa shape index (κ2) is 6.27. The number of amides is 4. The Balaban J connectivity index is 2.11. The summed E-state index contributed by atoms with van der Waals surface area (Å²) in [7, 11) is 1.52. The van der Waals surface area contributed by atoms with Crippen LogP contribution in [0.1, 0.15) is 0 Å². The quantitative estimate of drug-likeness (QED) is 0.414. The van der Waals surface area contributed by atoms with E-state index in [4.69, 9.17) is 10.5 Å². The molecule has 1 heterocycles. The van der Waals surface area contributed by atoms with Crippen molar-refractivity contribution in [2.24, 2.45) is 10.7 Å². The van der Waals surface area contributed by atoms with Gasteiger partial charge in [-0.15, -0.1) is 0 Å². The maximum Gasteiger partial charge on any atom is 0.328 e. The van der Waals surface area contributed by atoms with Gasteiger partial charge in [-0.05, 0) is 12.1 Å². The first-order chi connectivity index (χ1) is 9.99. The summed E-state index contributed by atoms with van der Waals surface area (Å²) in [5.41, 5.74) is 6.23. The lowest BCUT2D eigenvalue weighted by Gasteiger charge is -2.19. The zero-order valence-corrected chi connectivity index (χ0v) is 11.8. The molecule has 0 saturated carbocycles. The molecule has 21 heavy (non-hydrogen) atoms. The molecule has 1 aromatic carbocycles. The minimum Gasteiger partial charge on any atom is -0.497 e. The van der Waals surface area contributed by atoms with Crippen LogP contribution in [0, 0.1) is 0 Å². The molecule has 0 atom stereocenters. The molecule has 1 aliphatic heterocycles. The van der Waals surface area contributed by atoms with Crippen molar-refractivity contribution >= 4 is 40.5 Å². The molecule has 2 rings (SSSR count). The van der Waals surface area contributed by atoms with Crippen molar-refractivity contribution in [3.8, 4) is 5.75 Å². The van der Waals surface area contributed by atoms with E-state index in [9.17, 15) is 14.4 Å². The van der Waals surface area contributed by atoms with E-state index < -0.39 is 23.1 Å². The largest absolute Gasteiger partial charge is 0.497 e. The molecule has 0 aromatic heterocycles. The third kappa shape index (κ3) is 3.72. The summed E-state index contributed by atoms with van der Waals surface area (Å²) in [4.78, 5) is 38.1. The van der Waals surface area contributed by atoms with Crippen molar-refractivity contribution in [1.29, 1.82) is 0 Å². The van der Waals surface area contributed by atoms with Crippen LogP contribution in [0.15, 0.2) is 29.3 Å². The van der Waals surface area contributed by atoms with Gasteiger partial charge in [0.25, 0.3) is 11.8 Å². The highest BCUT2D eigenvalue weighted by Crippen LogP contribution is 2.22. The topological polar surface area (TPSA) is 123 Å². The number of barbiturate groups is 1. The number of hydrogen-bond donors (Lipinski definition) is 3. The number of benzene rings is 1. The number of nitrogens with one attached hydrogen (secondary N) is 2. The fourth-order valence-electron chi connectivity index (χ4n) is 1.57. The summed E-state index contributed by atoms with van der Waals surface area (Å²) >= 11 is 0.758. The fourth-order valence-corrected chi connectivity index (χ4v) is 2.30. The molecule has 1 fully saturated rings. The predicted molar refractivity (Wildman–Crippen MR) is 77.3 cm³/mol. The van der Waals surface area contributed by atoms with Crippen molar-refractivity contribution in [3.05, 3.63) is 24.3 Å². The van der Waals surface area contributed by atoms with E-state index in [0.29, 0.717) is 11.4 Å². The number of nitrogens with two attached hydrogens (primary N) is 1. The summed E-state index contributed by atoms with van der Waals surface area (Å²) < 4.78 is 5.05. The first-order valence-electron chi connectivity index (χ1n) is 5.80. The zero-order chi connectivity index (χ0) is 15.4. The lowest BCUT2D eigenvalue weighted by molar-refractivity contribution is -0.128. The van der Waals surface area contributed by atoms with Crippen LogP contribution in [0.5, 0.6) is 5.75 Å². The number of aliphatic imine (C=N–C) groups is 1. The second-order valence-corrected chi connectivity index (χ2v) is 5.08. The van der Waals surface area contributed by atoms with Gasteiger partial charge in [0, 0.05) is 6.07 Å². The first-order valence-corrected chi connectivity index (χ1v) is 6.68. The molecule has 1 aliphatic rings. The van der Waals surface area contributed by atoms with Crippen molar-refractivity contribution in [2.45, 2.75) is 5.25 Å². The number of thioether (sulfide) groups is 1. The summed E-state index contributed by atoms with van der Waals surface area (Å²) in [6.45, 7) is 0. The average molecular weight is 308 g/mol. The van der Waals surface area contributed by atoms with Gasteiger partial charge in [0.2, 0.25) is 0 Å². The molecular weight excluding hydrogens is 296 g/mol. The molecule has 0 unspecified atom stereocenters. The fraction of sp³-hybridized carbons (Fsp3) is 0.167. The Bertz CT molecular complexity index is 611. The van der Waals surface area contributed by atoms with E-state index in [1.54, 1.807) is 24.3 Å². The molecule has 0 aliphatic carbocycles. The Morgan fingerprint density at radius 2 is 1.95 bits per heavy atom. The number of carbonyl (C=O) groups excluding carboxylic acids is 3. The van der Waals surface area contributed by atoms with Crippen LogP contribution in [0.4, 0.5) is 10.5 Å². The average Bonchev–Trinajstić information content (AvgIpc) is 2.43. The first kappa shape index (κ1) is 14.9. The molecular formula is C12H12N4O4S. The van der Waals surface area contributed by atoms with Crippen molar-refractivity contribution < 1.29 is 19.1 Å². The summed E-state index contributed by atoms with van der Waals surface area (Å²) in [5.74, 6) is -0.845. The second-order valence-electron chi connectivity index (χ2n) is 3.96. The SMILES string of the molecule is COc1cccc(N=C(N)SC2C(=O)NC(=O)NC2=O)c1. The van der Waals surface area contributed by atoms with Gasteiger partial charge in [-0.1, -0.05) is 17.8 Å². The Morgan fingerprint density at radius 3 is 2.57 bits per heavy atom. The Morgan fingerprint density at radius 1 is 1.29 bits per heavy atom. The highest BCUT2D eigenvalue weighted by atomic mass is 32.2. The van der Waals surface area contributed by atoms with E-state index in [-0.39, 0.29) is 5.17 Å². The molecule has 1 aromatic rings. The van der Waals surface area contributed by atoms with Gasteiger partial charge in [0.1, 0.15) is 5.75 Å². The van der Waals surface area contributed by atoms with Crippen LogP contribution in [0.25, 0.3) is 0 Å². The monoisotopic (exact) mass is 308 g/mol. The van der Waals surface area contributed by atoms with Crippen LogP contribution in [-0.2, 0) is 9.59 Å². The number of methoxy groups -OCH3 is 1. The highest BCUT2D eigenvalue weighted by molar-refractivity contribution is 8.15. The van der Waals surface area contributed by atoms with Gasteiger partial charge in [-0.25, -0.2) is 9.79 Å². The molecule has 4 N–H and O–H groups in total. The van der Waals surface area contributed by atoms with Crippen LogP contribution in [0.3, 0.4) is 0 Å². The maximum absolute atomic E-state index is 11.6. The molecule has 0 bridgehead atoms. The predicted octanol–water partition coefficient (Wildman–Crippen LogP) is 0.109. The van der Waals surface area contributed by atoms with Gasteiger partial charge >= 0.3 is 6.03 Å². The summed E-state index contributed by atoms with van der Waals surface area (Å²) in [6.07, 6.45) is 0. The van der Waals surface area contributed by atoms with Crippen LogP contribution in [-0.4, -0.2) is 35.4 Å². The molecule has 1 saturated heterocycles. The van der Waals surface area contributed by atoms with Crippen LogP contribution >= 0.6 is 11.8 Å². The standard InChI is InChI=1S/C12H12N4O4S/c1-20-7-4-2-3-6(5-7)14-11(13)21-8-9(17)15-12(19)16-10(8)18/h2-5,8H,1H3,(H2,13,14)(H2,15,16,17,18,19). The van der Waals surface area contributed by atoms with Gasteiger partial charge in [0.15, 0.2) is 10.4 Å². The minimum absolute atomic E-state index is 0.0212. The maximum atomic E-state index is 11.6. The van der Waals surface area contributed by atoms with Gasteiger partial charge < -0.3 is 10.5 Å². The van der Waals surface area contributed by atoms with E-state index in [2.05, 4.69) is 4.99 Å². The Kier molecular flexibility index (Phi) is 4.43. The number of ether oxygens (including phenoxy) is 1. The zero-order valence-electron chi connectivity index (χ0n) is 11.0. The van der Waals surface area contributed by atoms with E-state index in [0.717, 1.165) is 11.8 Å². The number of carbonyl (C=O) groups is 3. The Labute approximate surface area is 124 Å². The molecule has 110 valence electrons. The van der Waals surface area contributed by atoms with Gasteiger partial charge in [-0.2, -0.15) is 0 Å².